The van der Waals surface area contributed by atoms with E-state index < -0.39 is 0 Å². The maximum atomic E-state index is 12.5. The number of nitrogens with one attached hydrogen (secondary N) is 1. The Balaban J connectivity index is 1.34. The predicted molar refractivity (Wildman–Crippen MR) is 93.9 cm³/mol. The second-order valence-corrected chi connectivity index (χ2v) is 7.81. The third-order valence-corrected chi connectivity index (χ3v) is 5.85. The van der Waals surface area contributed by atoms with Crippen LogP contribution >= 0.6 is 0 Å². The first-order valence-corrected chi connectivity index (χ1v) is 9.49. The summed E-state index contributed by atoms with van der Waals surface area (Å²) in [4.78, 5) is 14.9. The lowest BCUT2D eigenvalue weighted by Gasteiger charge is -2.29. The van der Waals surface area contributed by atoms with Crippen LogP contribution in [0.4, 0.5) is 0 Å². The van der Waals surface area contributed by atoms with Crippen molar-refractivity contribution < 1.29 is 9.90 Å². The maximum Gasteiger partial charge on any atom is 0.224 e. The van der Waals surface area contributed by atoms with Gasteiger partial charge in [0.15, 0.2) is 0 Å². The number of carbonyl (C=O) groups excluding carboxylic acids is 1. The fourth-order valence-electron chi connectivity index (χ4n) is 4.43. The second-order valence-electron chi connectivity index (χ2n) is 7.81. The molecule has 0 aromatic heterocycles. The molecular formula is C20H28N2O2. The Morgan fingerprint density at radius 2 is 2.08 bits per heavy atom. The molecule has 0 spiro atoms. The van der Waals surface area contributed by atoms with Gasteiger partial charge in [0.25, 0.3) is 0 Å². The highest BCUT2D eigenvalue weighted by molar-refractivity contribution is 5.79. The van der Waals surface area contributed by atoms with Gasteiger partial charge in [-0.3, -0.25) is 9.69 Å². The van der Waals surface area contributed by atoms with E-state index in [1.165, 1.54) is 24.8 Å². The van der Waals surface area contributed by atoms with Gasteiger partial charge in [0.05, 0.1) is 12.5 Å². The number of rotatable bonds is 5. The van der Waals surface area contributed by atoms with Crippen LogP contribution in [0.5, 0.6) is 0 Å². The molecule has 4 nitrogen and oxygen atoms in total. The van der Waals surface area contributed by atoms with Gasteiger partial charge < -0.3 is 10.4 Å². The van der Waals surface area contributed by atoms with Crippen LogP contribution in [0.1, 0.15) is 55.6 Å². The monoisotopic (exact) mass is 328 g/mol. The minimum absolute atomic E-state index is 0.139. The number of hydrogen-bond donors (Lipinski definition) is 2. The molecule has 1 aliphatic heterocycles. The largest absolute Gasteiger partial charge is 0.392 e. The highest BCUT2D eigenvalue weighted by atomic mass is 16.3. The molecule has 1 unspecified atom stereocenters. The number of nitrogens with zero attached hydrogens (tertiary/aromatic N) is 1. The Hall–Kier alpha value is -1.39. The zero-order valence-corrected chi connectivity index (χ0v) is 14.3. The molecule has 2 aliphatic carbocycles. The van der Waals surface area contributed by atoms with Crippen molar-refractivity contribution in [2.75, 3.05) is 13.1 Å². The van der Waals surface area contributed by atoms with E-state index in [0.29, 0.717) is 12.5 Å². The molecule has 4 heteroatoms. The Bertz CT molecular complexity index is 599. The van der Waals surface area contributed by atoms with Gasteiger partial charge in [0, 0.05) is 25.2 Å². The van der Waals surface area contributed by atoms with Gasteiger partial charge in [0.2, 0.25) is 5.91 Å². The summed E-state index contributed by atoms with van der Waals surface area (Å²) in [6, 6.07) is 9.19. The zero-order valence-electron chi connectivity index (χ0n) is 14.3. The van der Waals surface area contributed by atoms with Crippen molar-refractivity contribution in [2.24, 2.45) is 0 Å². The molecule has 1 aromatic rings. The summed E-state index contributed by atoms with van der Waals surface area (Å²) >= 11 is 0. The predicted octanol–water partition coefficient (Wildman–Crippen LogP) is 2.21. The van der Waals surface area contributed by atoms with E-state index in [1.54, 1.807) is 0 Å². The molecule has 24 heavy (non-hydrogen) atoms. The molecule has 3 fully saturated rings. The first-order chi connectivity index (χ1) is 11.7. The molecule has 2 N–H and O–H groups in total. The van der Waals surface area contributed by atoms with E-state index in [4.69, 9.17) is 0 Å². The molecule has 0 radical (unpaired) electrons. The van der Waals surface area contributed by atoms with E-state index in [0.717, 1.165) is 43.8 Å². The van der Waals surface area contributed by atoms with Crippen molar-refractivity contribution in [3.05, 3.63) is 35.4 Å². The molecule has 1 heterocycles. The average molecular weight is 328 g/mol. The third-order valence-electron chi connectivity index (χ3n) is 5.85. The molecule has 1 amide bonds. The third kappa shape index (κ3) is 3.65. The molecule has 3 aliphatic rings. The van der Waals surface area contributed by atoms with E-state index in [2.05, 4.69) is 34.5 Å². The first-order valence-electron chi connectivity index (χ1n) is 9.49. The van der Waals surface area contributed by atoms with Gasteiger partial charge in [-0.2, -0.15) is 0 Å². The number of benzene rings is 1. The SMILES string of the molecule is O=C(Cc1cccc(C2CC2)c1)N[C@@H]1CCC[C@@H]1N1CCC(O)C1. The molecular weight excluding hydrogens is 300 g/mol. The summed E-state index contributed by atoms with van der Waals surface area (Å²) < 4.78 is 0. The molecule has 2 saturated carbocycles. The van der Waals surface area contributed by atoms with Gasteiger partial charge in [-0.1, -0.05) is 24.3 Å². The topological polar surface area (TPSA) is 52.6 Å². The Morgan fingerprint density at radius 1 is 1.21 bits per heavy atom. The van der Waals surface area contributed by atoms with Crippen molar-refractivity contribution in [2.45, 2.75) is 69.1 Å². The van der Waals surface area contributed by atoms with E-state index >= 15 is 0 Å². The van der Waals surface area contributed by atoms with Crippen molar-refractivity contribution >= 4 is 5.91 Å². The lowest BCUT2D eigenvalue weighted by molar-refractivity contribution is -0.121. The zero-order chi connectivity index (χ0) is 16.5. The van der Waals surface area contributed by atoms with Crippen molar-refractivity contribution in [1.29, 1.82) is 0 Å². The number of amides is 1. The minimum atomic E-state index is -0.188. The van der Waals surface area contributed by atoms with Crippen LogP contribution in [0.15, 0.2) is 24.3 Å². The maximum absolute atomic E-state index is 12.5. The molecule has 4 rings (SSSR count). The van der Waals surface area contributed by atoms with E-state index in [1.807, 2.05) is 0 Å². The lowest BCUT2D eigenvalue weighted by Crippen LogP contribution is -2.48. The Labute approximate surface area is 144 Å². The summed E-state index contributed by atoms with van der Waals surface area (Å²) in [5.74, 6) is 0.869. The molecule has 3 atom stereocenters. The quantitative estimate of drug-likeness (QED) is 0.871. The van der Waals surface area contributed by atoms with Crippen LogP contribution in [0.2, 0.25) is 0 Å². The summed E-state index contributed by atoms with van der Waals surface area (Å²) in [5, 5.41) is 13.0. The average Bonchev–Trinajstić information content (AvgIpc) is 3.18. The van der Waals surface area contributed by atoms with Crippen LogP contribution in [-0.4, -0.2) is 47.2 Å². The van der Waals surface area contributed by atoms with E-state index in [-0.39, 0.29) is 18.1 Å². The van der Waals surface area contributed by atoms with Crippen LogP contribution in [0, 0.1) is 0 Å². The van der Waals surface area contributed by atoms with Crippen LogP contribution in [0.25, 0.3) is 0 Å². The van der Waals surface area contributed by atoms with Gasteiger partial charge in [-0.05, 0) is 55.6 Å². The smallest absolute Gasteiger partial charge is 0.224 e. The highest BCUT2D eigenvalue weighted by Crippen LogP contribution is 2.40. The standard InChI is InChI=1S/C20H28N2O2/c23-17-9-10-22(13-17)19-6-2-5-18(19)21-20(24)12-14-3-1-4-16(11-14)15-7-8-15/h1,3-4,11,15,17-19,23H,2,5-10,12-13H2,(H,21,24)/t17?,18-,19+/m1/s1. The summed E-state index contributed by atoms with van der Waals surface area (Å²) in [5.41, 5.74) is 2.52. The number of likely N-dealkylation sites (tertiary alicyclic amines) is 1. The number of aliphatic hydroxyl groups excluding tert-OH is 1. The fraction of sp³-hybridized carbons (Fsp3) is 0.650. The normalized spacial score (nSPS) is 30.6. The van der Waals surface area contributed by atoms with Crippen LogP contribution in [-0.2, 0) is 11.2 Å². The summed E-state index contributed by atoms with van der Waals surface area (Å²) in [7, 11) is 0. The van der Waals surface area contributed by atoms with E-state index in [9.17, 15) is 9.90 Å². The Kier molecular flexibility index (Phi) is 4.59. The summed E-state index contributed by atoms with van der Waals surface area (Å²) in [6.45, 7) is 1.72. The van der Waals surface area contributed by atoms with Crippen molar-refractivity contribution in [1.82, 2.24) is 10.2 Å². The molecule has 130 valence electrons. The Morgan fingerprint density at radius 3 is 2.83 bits per heavy atom. The van der Waals surface area contributed by atoms with Gasteiger partial charge in [-0.15, -0.1) is 0 Å². The van der Waals surface area contributed by atoms with Gasteiger partial charge in [0.1, 0.15) is 0 Å². The van der Waals surface area contributed by atoms with Crippen LogP contribution in [0.3, 0.4) is 0 Å². The minimum Gasteiger partial charge on any atom is -0.392 e. The fourth-order valence-corrected chi connectivity index (χ4v) is 4.43. The van der Waals surface area contributed by atoms with Gasteiger partial charge >= 0.3 is 0 Å². The summed E-state index contributed by atoms with van der Waals surface area (Å²) in [6.07, 6.45) is 7.10. The number of aliphatic hydroxyl groups is 1. The van der Waals surface area contributed by atoms with Crippen molar-refractivity contribution in [3.63, 3.8) is 0 Å². The highest BCUT2D eigenvalue weighted by Gasteiger charge is 2.36. The van der Waals surface area contributed by atoms with Crippen molar-refractivity contribution in [3.8, 4) is 0 Å². The number of β-amino-alcohol motifs (C(OH)–C–C–N with tert-alkyl or cyclic N) is 1. The molecule has 1 saturated heterocycles. The second kappa shape index (κ2) is 6.85. The van der Waals surface area contributed by atoms with Crippen LogP contribution < -0.4 is 5.32 Å². The van der Waals surface area contributed by atoms with Gasteiger partial charge in [-0.25, -0.2) is 0 Å². The molecule has 0 bridgehead atoms. The number of hydrogen-bond acceptors (Lipinski definition) is 3. The first kappa shape index (κ1) is 16.1. The number of carbonyl (C=O) groups is 1. The lowest BCUT2D eigenvalue weighted by atomic mass is 10.0. The molecule has 1 aromatic carbocycles.